The fourth-order valence-corrected chi connectivity index (χ4v) is 1.61. The zero-order valence-corrected chi connectivity index (χ0v) is 10.5. The van der Waals surface area contributed by atoms with Crippen molar-refractivity contribution in [2.24, 2.45) is 0 Å². The van der Waals surface area contributed by atoms with Crippen LogP contribution in [0.15, 0.2) is 24.3 Å². The van der Waals surface area contributed by atoms with E-state index in [0.717, 1.165) is 6.07 Å². The van der Waals surface area contributed by atoms with E-state index in [1.807, 2.05) is 5.32 Å². The number of carbonyl (C=O) groups excluding carboxylic acids is 1. The number of nitrogens with zero attached hydrogens (tertiary/aromatic N) is 1. The van der Waals surface area contributed by atoms with Crippen molar-refractivity contribution in [1.82, 2.24) is 4.98 Å². The first kappa shape index (κ1) is 14.1. The first-order valence-corrected chi connectivity index (χ1v) is 5.65. The Labute approximate surface area is 116 Å². The summed E-state index contributed by atoms with van der Waals surface area (Å²) in [6.45, 7) is 0. The Balaban J connectivity index is 2.33. The van der Waals surface area contributed by atoms with Crippen LogP contribution in [-0.2, 0) is 0 Å². The predicted octanol–water partition coefficient (Wildman–Crippen LogP) is 2.99. The van der Waals surface area contributed by atoms with Gasteiger partial charge in [0.2, 0.25) is 0 Å². The molecule has 0 aliphatic heterocycles. The molecule has 0 radical (unpaired) electrons. The van der Waals surface area contributed by atoms with Gasteiger partial charge in [0.05, 0.1) is 10.7 Å². The normalized spacial score (nSPS) is 10.4. The lowest BCUT2D eigenvalue weighted by atomic mass is 10.2. The van der Waals surface area contributed by atoms with Gasteiger partial charge in [-0.3, -0.25) is 4.79 Å². The molecule has 0 unspecified atom stereocenters. The number of nitrogens with two attached hydrogens (primary N) is 1. The van der Waals surface area contributed by atoms with Crippen molar-refractivity contribution in [3.8, 4) is 0 Å². The molecule has 8 heteroatoms. The van der Waals surface area contributed by atoms with Crippen LogP contribution in [0.3, 0.4) is 0 Å². The molecule has 0 fully saturated rings. The van der Waals surface area contributed by atoms with Crippen LogP contribution in [0.2, 0.25) is 5.02 Å². The SMILES string of the molecule is Nc1ccc(Cl)c(C(=O)Nc2ccc(F)c(F)c2F)n1. The second-order valence-corrected chi connectivity index (χ2v) is 4.15. The molecule has 1 aromatic heterocycles. The zero-order valence-electron chi connectivity index (χ0n) is 9.75. The van der Waals surface area contributed by atoms with E-state index in [1.165, 1.54) is 12.1 Å². The predicted molar refractivity (Wildman–Crippen MR) is 67.9 cm³/mol. The maximum absolute atomic E-state index is 13.4. The highest BCUT2D eigenvalue weighted by Gasteiger charge is 2.18. The quantitative estimate of drug-likeness (QED) is 0.838. The first-order valence-electron chi connectivity index (χ1n) is 5.27. The molecule has 0 aliphatic carbocycles. The molecule has 1 aromatic carbocycles. The number of halogens is 4. The summed E-state index contributed by atoms with van der Waals surface area (Å²) in [5.41, 5.74) is 4.61. The van der Waals surface area contributed by atoms with Crippen molar-refractivity contribution in [3.05, 3.63) is 52.4 Å². The number of nitrogen functional groups attached to an aromatic ring is 1. The van der Waals surface area contributed by atoms with E-state index in [2.05, 4.69) is 4.98 Å². The second kappa shape index (κ2) is 5.38. The highest BCUT2D eigenvalue weighted by Crippen LogP contribution is 2.22. The Hall–Kier alpha value is -2.28. The van der Waals surface area contributed by atoms with Crippen molar-refractivity contribution < 1.29 is 18.0 Å². The van der Waals surface area contributed by atoms with Gasteiger partial charge in [0.15, 0.2) is 17.5 Å². The standard InChI is InChI=1S/C12H7ClF3N3O/c13-5-1-4-8(17)19-11(5)12(20)18-7-3-2-6(14)9(15)10(7)16/h1-4H,(H2,17,19)(H,18,20). The molecule has 3 N–H and O–H groups in total. The minimum Gasteiger partial charge on any atom is -0.384 e. The summed E-state index contributed by atoms with van der Waals surface area (Å²) in [6, 6.07) is 4.27. The number of hydrogen-bond acceptors (Lipinski definition) is 3. The summed E-state index contributed by atoms with van der Waals surface area (Å²) in [5, 5.41) is 2.03. The molecule has 20 heavy (non-hydrogen) atoms. The van der Waals surface area contributed by atoms with E-state index in [1.54, 1.807) is 0 Å². The summed E-state index contributed by atoms with van der Waals surface area (Å²) < 4.78 is 39.2. The second-order valence-electron chi connectivity index (χ2n) is 3.74. The summed E-state index contributed by atoms with van der Waals surface area (Å²) in [6.07, 6.45) is 0. The van der Waals surface area contributed by atoms with E-state index in [0.29, 0.717) is 6.07 Å². The minimum atomic E-state index is -1.69. The summed E-state index contributed by atoms with van der Waals surface area (Å²) in [7, 11) is 0. The van der Waals surface area contributed by atoms with Gasteiger partial charge in [-0.2, -0.15) is 0 Å². The Morgan fingerprint density at radius 2 is 1.85 bits per heavy atom. The average Bonchev–Trinajstić information content (AvgIpc) is 2.42. The molecule has 104 valence electrons. The van der Waals surface area contributed by atoms with Crippen LogP contribution in [0.25, 0.3) is 0 Å². The number of amides is 1. The molecule has 2 rings (SSSR count). The molecule has 1 heterocycles. The molecule has 0 atom stereocenters. The maximum Gasteiger partial charge on any atom is 0.275 e. The lowest BCUT2D eigenvalue weighted by Crippen LogP contribution is -2.16. The van der Waals surface area contributed by atoms with Crippen LogP contribution in [0.5, 0.6) is 0 Å². The summed E-state index contributed by atoms with van der Waals surface area (Å²) >= 11 is 5.75. The van der Waals surface area contributed by atoms with Crippen LogP contribution >= 0.6 is 11.6 Å². The van der Waals surface area contributed by atoms with Gasteiger partial charge in [-0.15, -0.1) is 0 Å². The molecule has 0 saturated heterocycles. The van der Waals surface area contributed by atoms with E-state index < -0.39 is 29.0 Å². The number of hydrogen-bond donors (Lipinski definition) is 2. The number of nitrogens with one attached hydrogen (secondary N) is 1. The van der Waals surface area contributed by atoms with Gasteiger partial charge in [-0.05, 0) is 24.3 Å². The van der Waals surface area contributed by atoms with Gasteiger partial charge in [0.25, 0.3) is 5.91 Å². The largest absolute Gasteiger partial charge is 0.384 e. The number of anilines is 2. The van der Waals surface area contributed by atoms with Crippen LogP contribution in [0.1, 0.15) is 10.5 Å². The van der Waals surface area contributed by atoms with Gasteiger partial charge in [0.1, 0.15) is 11.5 Å². The van der Waals surface area contributed by atoms with E-state index in [-0.39, 0.29) is 16.5 Å². The third kappa shape index (κ3) is 2.67. The zero-order chi connectivity index (χ0) is 14.9. The van der Waals surface area contributed by atoms with E-state index in [4.69, 9.17) is 17.3 Å². The highest BCUT2D eigenvalue weighted by atomic mass is 35.5. The van der Waals surface area contributed by atoms with Gasteiger partial charge in [-0.1, -0.05) is 11.6 Å². The van der Waals surface area contributed by atoms with Crippen molar-refractivity contribution in [3.63, 3.8) is 0 Å². The lowest BCUT2D eigenvalue weighted by Gasteiger charge is -2.08. The molecule has 4 nitrogen and oxygen atoms in total. The van der Waals surface area contributed by atoms with Gasteiger partial charge in [0, 0.05) is 0 Å². The maximum atomic E-state index is 13.4. The smallest absolute Gasteiger partial charge is 0.275 e. The summed E-state index contributed by atoms with van der Waals surface area (Å²) in [4.78, 5) is 15.5. The van der Waals surface area contributed by atoms with Crippen molar-refractivity contribution in [2.75, 3.05) is 11.1 Å². The van der Waals surface area contributed by atoms with Crippen LogP contribution in [0.4, 0.5) is 24.7 Å². The topological polar surface area (TPSA) is 68.0 Å². The third-order valence-corrected chi connectivity index (χ3v) is 2.67. The van der Waals surface area contributed by atoms with Crippen molar-refractivity contribution >= 4 is 29.0 Å². The number of aromatic nitrogens is 1. The number of rotatable bonds is 2. The molecule has 0 saturated carbocycles. The minimum absolute atomic E-state index is 0.0142. The highest BCUT2D eigenvalue weighted by molar-refractivity contribution is 6.34. The average molecular weight is 302 g/mol. The lowest BCUT2D eigenvalue weighted by molar-refractivity contribution is 0.102. The van der Waals surface area contributed by atoms with Gasteiger partial charge >= 0.3 is 0 Å². The molecular weight excluding hydrogens is 295 g/mol. The fourth-order valence-electron chi connectivity index (χ4n) is 1.42. The van der Waals surface area contributed by atoms with E-state index in [9.17, 15) is 18.0 Å². The summed E-state index contributed by atoms with van der Waals surface area (Å²) in [5.74, 6) is -5.43. The van der Waals surface area contributed by atoms with Gasteiger partial charge < -0.3 is 11.1 Å². The number of benzene rings is 1. The van der Waals surface area contributed by atoms with Gasteiger partial charge in [-0.25, -0.2) is 18.2 Å². The Morgan fingerprint density at radius 3 is 2.55 bits per heavy atom. The third-order valence-electron chi connectivity index (χ3n) is 2.37. The molecule has 1 amide bonds. The first-order chi connectivity index (χ1) is 9.40. The van der Waals surface area contributed by atoms with Crippen molar-refractivity contribution in [1.29, 1.82) is 0 Å². The number of pyridine rings is 1. The van der Waals surface area contributed by atoms with E-state index >= 15 is 0 Å². The number of carbonyl (C=O) groups is 1. The molecule has 2 aromatic rings. The van der Waals surface area contributed by atoms with Crippen molar-refractivity contribution in [2.45, 2.75) is 0 Å². The molecule has 0 spiro atoms. The fraction of sp³-hybridized carbons (Fsp3) is 0. The Morgan fingerprint density at radius 1 is 1.15 bits per heavy atom. The van der Waals surface area contributed by atoms with Crippen LogP contribution in [0, 0.1) is 17.5 Å². The molecule has 0 bridgehead atoms. The Kier molecular flexibility index (Phi) is 3.80. The molecule has 0 aliphatic rings. The Bertz CT molecular complexity index is 694. The molecular formula is C12H7ClF3N3O. The van der Waals surface area contributed by atoms with Crippen LogP contribution in [-0.4, -0.2) is 10.9 Å². The monoisotopic (exact) mass is 301 g/mol. The van der Waals surface area contributed by atoms with Crippen LogP contribution < -0.4 is 11.1 Å².